The summed E-state index contributed by atoms with van der Waals surface area (Å²) < 4.78 is 0. The smallest absolute Gasteiger partial charge is 0.251 e. The van der Waals surface area contributed by atoms with E-state index in [1.165, 1.54) is 31.2 Å². The van der Waals surface area contributed by atoms with Crippen molar-refractivity contribution in [3.05, 3.63) is 35.9 Å². The topological polar surface area (TPSA) is 55.5 Å². The number of amides is 1. The van der Waals surface area contributed by atoms with Gasteiger partial charge in [0.05, 0.1) is 5.41 Å². The second-order valence-corrected chi connectivity index (χ2v) is 11.2. The number of nitrogens with zero attached hydrogens (tertiary/aromatic N) is 1. The second kappa shape index (κ2) is 7.89. The SMILES string of the molecule is CCCC1C2CC3(C(=O)N=CC4CCC(N)CC4)CC1CC(c1ccccc1)(C2)C3. The molecule has 5 aliphatic rings. The van der Waals surface area contributed by atoms with Crippen LogP contribution in [0.4, 0.5) is 0 Å². The van der Waals surface area contributed by atoms with Gasteiger partial charge in [0.25, 0.3) is 5.91 Å². The lowest BCUT2D eigenvalue weighted by Crippen LogP contribution is -2.59. The molecule has 6 rings (SSSR count). The van der Waals surface area contributed by atoms with Gasteiger partial charge in [0, 0.05) is 12.3 Å². The van der Waals surface area contributed by atoms with Gasteiger partial charge in [-0.1, -0.05) is 50.1 Å². The van der Waals surface area contributed by atoms with Gasteiger partial charge in [-0.25, -0.2) is 4.99 Å². The van der Waals surface area contributed by atoms with E-state index in [0.717, 1.165) is 50.9 Å². The largest absolute Gasteiger partial charge is 0.328 e. The molecule has 0 spiro atoms. The van der Waals surface area contributed by atoms with Crippen molar-refractivity contribution in [2.75, 3.05) is 0 Å². The Morgan fingerprint density at radius 3 is 2.37 bits per heavy atom. The molecule has 1 aromatic rings. The molecule has 0 aromatic heterocycles. The first kappa shape index (κ1) is 20.4. The minimum absolute atomic E-state index is 0.195. The highest BCUT2D eigenvalue weighted by Gasteiger charge is 2.63. The summed E-state index contributed by atoms with van der Waals surface area (Å²) in [6.07, 6.45) is 14.6. The molecule has 2 unspecified atom stereocenters. The van der Waals surface area contributed by atoms with Crippen molar-refractivity contribution in [3.63, 3.8) is 0 Å². The van der Waals surface area contributed by atoms with Crippen molar-refractivity contribution in [3.8, 4) is 0 Å². The van der Waals surface area contributed by atoms with Gasteiger partial charge in [0.2, 0.25) is 0 Å². The Balaban J connectivity index is 1.41. The van der Waals surface area contributed by atoms with Crippen molar-refractivity contribution in [1.82, 2.24) is 0 Å². The number of hydrogen-bond donors (Lipinski definition) is 1. The summed E-state index contributed by atoms with van der Waals surface area (Å²) in [4.78, 5) is 18.3. The molecule has 0 radical (unpaired) electrons. The molecule has 5 fully saturated rings. The average molecular weight is 407 g/mol. The quantitative estimate of drug-likeness (QED) is 0.641. The van der Waals surface area contributed by atoms with Crippen LogP contribution in [0, 0.1) is 29.1 Å². The molecule has 2 atom stereocenters. The summed E-state index contributed by atoms with van der Waals surface area (Å²) in [7, 11) is 0. The Kier molecular flexibility index (Phi) is 5.37. The summed E-state index contributed by atoms with van der Waals surface area (Å²) in [5.41, 5.74) is 7.50. The Morgan fingerprint density at radius 1 is 1.07 bits per heavy atom. The van der Waals surface area contributed by atoms with E-state index in [1.807, 2.05) is 6.21 Å². The lowest BCUT2D eigenvalue weighted by atomic mass is 9.39. The van der Waals surface area contributed by atoms with Gasteiger partial charge in [0.1, 0.15) is 0 Å². The number of carbonyl (C=O) groups excluding carboxylic acids is 1. The summed E-state index contributed by atoms with van der Waals surface area (Å²) in [5.74, 6) is 2.84. The zero-order valence-corrected chi connectivity index (χ0v) is 18.6. The average Bonchev–Trinajstić information content (AvgIpc) is 2.76. The fourth-order valence-corrected chi connectivity index (χ4v) is 8.03. The Bertz CT molecular complexity index is 776. The van der Waals surface area contributed by atoms with Crippen LogP contribution in [0.1, 0.15) is 83.1 Å². The fraction of sp³-hybridized carbons (Fsp3) is 0.704. The van der Waals surface area contributed by atoms with E-state index in [1.54, 1.807) is 0 Å². The summed E-state index contributed by atoms with van der Waals surface area (Å²) in [6, 6.07) is 11.4. The van der Waals surface area contributed by atoms with E-state index in [9.17, 15) is 4.79 Å². The minimum atomic E-state index is -0.215. The van der Waals surface area contributed by atoms with Gasteiger partial charge in [-0.2, -0.15) is 0 Å². The number of carbonyl (C=O) groups is 1. The molecule has 5 aliphatic carbocycles. The van der Waals surface area contributed by atoms with Gasteiger partial charge >= 0.3 is 0 Å². The molecule has 0 aliphatic heterocycles. The van der Waals surface area contributed by atoms with Crippen LogP contribution >= 0.6 is 0 Å². The summed E-state index contributed by atoms with van der Waals surface area (Å²) in [5, 5.41) is 0. The summed E-state index contributed by atoms with van der Waals surface area (Å²) in [6.45, 7) is 2.32. The molecule has 2 N–H and O–H groups in total. The van der Waals surface area contributed by atoms with E-state index in [0.29, 0.717) is 23.8 Å². The van der Waals surface area contributed by atoms with Crippen LogP contribution < -0.4 is 5.73 Å². The molecule has 3 nitrogen and oxygen atoms in total. The minimum Gasteiger partial charge on any atom is -0.328 e. The third kappa shape index (κ3) is 3.47. The van der Waals surface area contributed by atoms with E-state index >= 15 is 0 Å². The Labute approximate surface area is 181 Å². The van der Waals surface area contributed by atoms with Gasteiger partial charge < -0.3 is 5.73 Å². The van der Waals surface area contributed by atoms with Crippen molar-refractivity contribution in [2.24, 2.45) is 39.8 Å². The van der Waals surface area contributed by atoms with Crippen molar-refractivity contribution < 1.29 is 4.79 Å². The van der Waals surface area contributed by atoms with E-state index in [4.69, 9.17) is 5.73 Å². The van der Waals surface area contributed by atoms with Gasteiger partial charge in [-0.3, -0.25) is 4.79 Å². The molecule has 4 bridgehead atoms. The molecule has 1 aromatic carbocycles. The van der Waals surface area contributed by atoms with Gasteiger partial charge in [0.15, 0.2) is 0 Å². The van der Waals surface area contributed by atoms with Crippen LogP contribution in [0.3, 0.4) is 0 Å². The van der Waals surface area contributed by atoms with Crippen LogP contribution in [0.15, 0.2) is 35.3 Å². The number of hydrogen-bond acceptors (Lipinski definition) is 2. The molecule has 5 saturated carbocycles. The van der Waals surface area contributed by atoms with E-state index in [-0.39, 0.29) is 16.7 Å². The maximum Gasteiger partial charge on any atom is 0.251 e. The molecule has 0 saturated heterocycles. The molecular formula is C27H38N2O. The standard InChI is InChI=1S/C27H38N2O/c1-2-6-24-20-13-26(22-7-4-3-5-8-22)14-21(24)16-27(15-20,18-26)25(30)29-17-19-9-11-23(28)12-10-19/h3-5,7-8,17,19-21,23-24H,2,6,9-16,18,28H2,1H3. The first-order valence-electron chi connectivity index (χ1n) is 12.4. The van der Waals surface area contributed by atoms with Crippen LogP contribution in [-0.2, 0) is 10.2 Å². The highest BCUT2D eigenvalue weighted by molar-refractivity contribution is 5.90. The van der Waals surface area contributed by atoms with Crippen molar-refractivity contribution >= 4 is 12.1 Å². The van der Waals surface area contributed by atoms with Crippen LogP contribution in [0.2, 0.25) is 0 Å². The van der Waals surface area contributed by atoms with Crippen LogP contribution in [-0.4, -0.2) is 18.2 Å². The highest BCUT2D eigenvalue weighted by atomic mass is 16.1. The highest BCUT2D eigenvalue weighted by Crippen LogP contribution is 2.68. The van der Waals surface area contributed by atoms with Crippen molar-refractivity contribution in [1.29, 1.82) is 0 Å². The number of nitrogens with two attached hydrogens (primary N) is 1. The molecule has 3 heteroatoms. The number of rotatable bonds is 5. The molecule has 162 valence electrons. The fourth-order valence-electron chi connectivity index (χ4n) is 8.03. The van der Waals surface area contributed by atoms with E-state index in [2.05, 4.69) is 42.2 Å². The summed E-state index contributed by atoms with van der Waals surface area (Å²) >= 11 is 0. The lowest BCUT2D eigenvalue weighted by molar-refractivity contribution is -0.154. The first-order valence-corrected chi connectivity index (χ1v) is 12.4. The van der Waals surface area contributed by atoms with Crippen molar-refractivity contribution in [2.45, 2.75) is 89.0 Å². The maximum absolute atomic E-state index is 13.6. The predicted octanol–water partition coefficient (Wildman–Crippen LogP) is 5.67. The third-order valence-electron chi connectivity index (χ3n) is 9.18. The van der Waals surface area contributed by atoms with Crippen LogP contribution in [0.25, 0.3) is 0 Å². The molecular weight excluding hydrogens is 368 g/mol. The third-order valence-corrected chi connectivity index (χ3v) is 9.18. The lowest BCUT2D eigenvalue weighted by Gasteiger charge is -2.64. The van der Waals surface area contributed by atoms with Gasteiger partial charge in [-0.15, -0.1) is 0 Å². The number of aliphatic imine (C=N–C) groups is 1. The maximum atomic E-state index is 13.6. The zero-order valence-electron chi connectivity index (χ0n) is 18.6. The normalized spacial score (nSPS) is 42.7. The Morgan fingerprint density at radius 2 is 1.73 bits per heavy atom. The Hall–Kier alpha value is -1.48. The van der Waals surface area contributed by atoms with Crippen LogP contribution in [0.5, 0.6) is 0 Å². The second-order valence-electron chi connectivity index (χ2n) is 11.2. The first-order chi connectivity index (χ1) is 14.5. The molecule has 30 heavy (non-hydrogen) atoms. The zero-order chi connectivity index (χ0) is 20.8. The molecule has 0 heterocycles. The van der Waals surface area contributed by atoms with E-state index < -0.39 is 0 Å². The monoisotopic (exact) mass is 406 g/mol. The van der Waals surface area contributed by atoms with Gasteiger partial charge in [-0.05, 0) is 92.4 Å². The number of benzene rings is 1. The molecule has 1 amide bonds. The predicted molar refractivity (Wildman–Crippen MR) is 122 cm³/mol.